The maximum absolute atomic E-state index is 6.06. The van der Waals surface area contributed by atoms with Gasteiger partial charge in [-0.15, -0.1) is 0 Å². The fourth-order valence-corrected chi connectivity index (χ4v) is 2.84. The molecule has 1 saturated heterocycles. The van der Waals surface area contributed by atoms with Crippen molar-refractivity contribution in [2.24, 2.45) is 10.7 Å². The molecule has 2 heterocycles. The van der Waals surface area contributed by atoms with Crippen LogP contribution in [0.5, 0.6) is 0 Å². The van der Waals surface area contributed by atoms with Crippen LogP contribution < -0.4 is 10.6 Å². The first-order chi connectivity index (χ1) is 8.77. The molecule has 0 aliphatic carbocycles. The molecule has 2 aliphatic rings. The maximum Gasteiger partial charge on any atom is 0.196 e. The van der Waals surface area contributed by atoms with Gasteiger partial charge in [0, 0.05) is 12.3 Å². The summed E-state index contributed by atoms with van der Waals surface area (Å²) in [6, 6.07) is 8.55. The van der Waals surface area contributed by atoms with E-state index in [2.05, 4.69) is 28.9 Å². The van der Waals surface area contributed by atoms with Gasteiger partial charge in [-0.2, -0.15) is 0 Å². The molecule has 18 heavy (non-hydrogen) atoms. The lowest BCUT2D eigenvalue weighted by Crippen LogP contribution is -2.47. The van der Waals surface area contributed by atoms with Gasteiger partial charge in [-0.05, 0) is 31.4 Å². The third-order valence-electron chi connectivity index (χ3n) is 3.79. The monoisotopic (exact) mass is 245 g/mol. The number of rotatable bonds is 2. The lowest BCUT2D eigenvalue weighted by atomic mass is 10.1. The van der Waals surface area contributed by atoms with Crippen molar-refractivity contribution in [2.45, 2.75) is 31.9 Å². The highest BCUT2D eigenvalue weighted by Gasteiger charge is 2.36. The zero-order valence-electron chi connectivity index (χ0n) is 10.7. The molecular weight excluding hydrogens is 226 g/mol. The number of anilines is 1. The molecule has 1 fully saturated rings. The Bertz CT molecular complexity index is 466. The Balaban J connectivity index is 1.92. The van der Waals surface area contributed by atoms with Crippen molar-refractivity contribution < 1.29 is 4.74 Å². The zero-order valence-corrected chi connectivity index (χ0v) is 10.7. The number of nitrogens with two attached hydrogens (primary N) is 1. The van der Waals surface area contributed by atoms with Crippen molar-refractivity contribution in [2.75, 3.05) is 18.1 Å². The van der Waals surface area contributed by atoms with Gasteiger partial charge in [0.2, 0.25) is 0 Å². The van der Waals surface area contributed by atoms with Gasteiger partial charge in [0.25, 0.3) is 0 Å². The van der Waals surface area contributed by atoms with Gasteiger partial charge in [-0.3, -0.25) is 4.99 Å². The number of guanidine groups is 1. The molecule has 0 bridgehead atoms. The van der Waals surface area contributed by atoms with Crippen molar-refractivity contribution >= 4 is 11.6 Å². The molecule has 2 aliphatic heterocycles. The molecule has 4 nitrogen and oxygen atoms in total. The quantitative estimate of drug-likeness (QED) is 0.862. The summed E-state index contributed by atoms with van der Waals surface area (Å²) in [5, 5.41) is 0. The first-order valence-corrected chi connectivity index (χ1v) is 6.54. The SMILES string of the molecule is Cc1ccccc1N1C(N)=NCC1C1CCCO1. The highest BCUT2D eigenvalue weighted by atomic mass is 16.5. The van der Waals surface area contributed by atoms with Gasteiger partial charge in [-0.1, -0.05) is 18.2 Å². The standard InChI is InChI=1S/C14H19N3O/c1-10-5-2-3-6-11(10)17-12(9-16-14(17)15)13-7-4-8-18-13/h2-3,5-6,12-13H,4,7-9H2,1H3,(H2,15,16). The predicted molar refractivity (Wildman–Crippen MR) is 72.9 cm³/mol. The van der Waals surface area contributed by atoms with Gasteiger partial charge >= 0.3 is 0 Å². The molecule has 0 radical (unpaired) electrons. The third kappa shape index (κ3) is 1.86. The van der Waals surface area contributed by atoms with E-state index >= 15 is 0 Å². The Kier molecular flexibility index (Phi) is 2.96. The molecule has 4 heteroatoms. The summed E-state index contributed by atoms with van der Waals surface area (Å²) in [4.78, 5) is 6.55. The van der Waals surface area contributed by atoms with Crippen molar-refractivity contribution in [3.63, 3.8) is 0 Å². The maximum atomic E-state index is 6.06. The minimum Gasteiger partial charge on any atom is -0.376 e. The summed E-state index contributed by atoms with van der Waals surface area (Å²) >= 11 is 0. The second-order valence-corrected chi connectivity index (χ2v) is 4.97. The predicted octanol–water partition coefficient (Wildman–Crippen LogP) is 1.68. The Morgan fingerprint density at radius 3 is 2.94 bits per heavy atom. The van der Waals surface area contributed by atoms with Gasteiger partial charge in [0.05, 0.1) is 18.7 Å². The Labute approximate surface area is 107 Å². The van der Waals surface area contributed by atoms with Crippen LogP contribution in [-0.2, 0) is 4.74 Å². The first-order valence-electron chi connectivity index (χ1n) is 6.54. The molecule has 0 aromatic heterocycles. The van der Waals surface area contributed by atoms with Crippen LogP contribution in [0.2, 0.25) is 0 Å². The minimum atomic E-state index is 0.258. The van der Waals surface area contributed by atoms with E-state index in [9.17, 15) is 0 Å². The average molecular weight is 245 g/mol. The molecule has 2 atom stereocenters. The van der Waals surface area contributed by atoms with Gasteiger partial charge < -0.3 is 15.4 Å². The van der Waals surface area contributed by atoms with Crippen molar-refractivity contribution in [3.05, 3.63) is 29.8 Å². The number of hydrogen-bond donors (Lipinski definition) is 1. The van der Waals surface area contributed by atoms with Crippen LogP contribution in [0.3, 0.4) is 0 Å². The molecule has 0 spiro atoms. The van der Waals surface area contributed by atoms with E-state index in [-0.39, 0.29) is 12.1 Å². The molecule has 3 rings (SSSR count). The van der Waals surface area contributed by atoms with Crippen molar-refractivity contribution in [3.8, 4) is 0 Å². The summed E-state index contributed by atoms with van der Waals surface area (Å²) in [6.45, 7) is 3.71. The van der Waals surface area contributed by atoms with Crippen molar-refractivity contribution in [1.29, 1.82) is 0 Å². The molecule has 1 aromatic rings. The van der Waals surface area contributed by atoms with E-state index in [1.54, 1.807) is 0 Å². The van der Waals surface area contributed by atoms with Crippen molar-refractivity contribution in [1.82, 2.24) is 0 Å². The van der Waals surface area contributed by atoms with E-state index in [1.807, 2.05) is 12.1 Å². The molecule has 0 amide bonds. The van der Waals surface area contributed by atoms with Crippen LogP contribution >= 0.6 is 0 Å². The molecule has 2 N–H and O–H groups in total. The van der Waals surface area contributed by atoms with Crippen LogP contribution in [0.1, 0.15) is 18.4 Å². The van der Waals surface area contributed by atoms with Crippen LogP contribution in [0, 0.1) is 6.92 Å². The van der Waals surface area contributed by atoms with E-state index in [0.717, 1.165) is 31.7 Å². The average Bonchev–Trinajstić information content (AvgIpc) is 2.99. The van der Waals surface area contributed by atoms with E-state index in [0.29, 0.717) is 5.96 Å². The second-order valence-electron chi connectivity index (χ2n) is 4.97. The minimum absolute atomic E-state index is 0.258. The molecule has 96 valence electrons. The van der Waals surface area contributed by atoms with E-state index in [1.165, 1.54) is 5.56 Å². The molecule has 2 unspecified atom stereocenters. The summed E-state index contributed by atoms with van der Waals surface area (Å²) in [5.41, 5.74) is 8.43. The van der Waals surface area contributed by atoms with E-state index in [4.69, 9.17) is 10.5 Å². The number of aryl methyl sites for hydroxylation is 1. The smallest absolute Gasteiger partial charge is 0.196 e. The number of ether oxygens (including phenoxy) is 1. The highest BCUT2D eigenvalue weighted by Crippen LogP contribution is 2.29. The number of nitrogens with zero attached hydrogens (tertiary/aromatic N) is 2. The highest BCUT2D eigenvalue weighted by molar-refractivity contribution is 5.98. The zero-order chi connectivity index (χ0) is 12.5. The molecular formula is C14H19N3O. The van der Waals surface area contributed by atoms with Crippen LogP contribution in [0.25, 0.3) is 0 Å². The van der Waals surface area contributed by atoms with Gasteiger partial charge in [0.15, 0.2) is 5.96 Å². The molecule has 0 saturated carbocycles. The fourth-order valence-electron chi connectivity index (χ4n) is 2.84. The third-order valence-corrected chi connectivity index (χ3v) is 3.79. The van der Waals surface area contributed by atoms with Crippen LogP contribution in [0.15, 0.2) is 29.3 Å². The van der Waals surface area contributed by atoms with Gasteiger partial charge in [0.1, 0.15) is 0 Å². The first kappa shape index (κ1) is 11.5. The Hall–Kier alpha value is -1.55. The fraction of sp³-hybridized carbons (Fsp3) is 0.500. The topological polar surface area (TPSA) is 50.8 Å². The summed E-state index contributed by atoms with van der Waals surface area (Å²) in [7, 11) is 0. The number of benzene rings is 1. The summed E-state index contributed by atoms with van der Waals surface area (Å²) in [6.07, 6.45) is 2.51. The molecule has 1 aromatic carbocycles. The number of aliphatic imine (C=N–C) groups is 1. The Morgan fingerprint density at radius 1 is 1.39 bits per heavy atom. The number of hydrogen-bond acceptors (Lipinski definition) is 4. The van der Waals surface area contributed by atoms with Crippen LogP contribution in [-0.4, -0.2) is 31.3 Å². The van der Waals surface area contributed by atoms with Crippen LogP contribution in [0.4, 0.5) is 5.69 Å². The lowest BCUT2D eigenvalue weighted by molar-refractivity contribution is 0.0947. The number of para-hydroxylation sites is 1. The largest absolute Gasteiger partial charge is 0.376 e. The lowest BCUT2D eigenvalue weighted by Gasteiger charge is -2.31. The van der Waals surface area contributed by atoms with Gasteiger partial charge in [-0.25, -0.2) is 0 Å². The van der Waals surface area contributed by atoms with E-state index < -0.39 is 0 Å². The summed E-state index contributed by atoms with van der Waals surface area (Å²) < 4.78 is 5.81. The second kappa shape index (κ2) is 4.61. The summed E-state index contributed by atoms with van der Waals surface area (Å²) in [5.74, 6) is 0.616. The Morgan fingerprint density at radius 2 is 2.22 bits per heavy atom. The normalized spacial score (nSPS) is 27.6.